The Bertz CT molecular complexity index is 352. The lowest BCUT2D eigenvalue weighted by molar-refractivity contribution is 0.757. The van der Waals surface area contributed by atoms with Crippen LogP contribution in [0.15, 0.2) is 29.8 Å². The Kier molecular flexibility index (Phi) is 4.86. The summed E-state index contributed by atoms with van der Waals surface area (Å²) in [6.07, 6.45) is 2.17. The van der Waals surface area contributed by atoms with Crippen molar-refractivity contribution in [1.29, 1.82) is 0 Å². The summed E-state index contributed by atoms with van der Waals surface area (Å²) in [4.78, 5) is 0. The van der Waals surface area contributed by atoms with Crippen molar-refractivity contribution in [2.75, 3.05) is 6.54 Å². The second-order valence-electron chi connectivity index (χ2n) is 4.01. The van der Waals surface area contributed by atoms with Crippen LogP contribution in [0.3, 0.4) is 0 Å². The van der Waals surface area contributed by atoms with E-state index < -0.39 is 0 Å². The molecule has 0 unspecified atom stereocenters. The van der Waals surface area contributed by atoms with E-state index in [4.69, 9.17) is 11.6 Å². The molecule has 0 aliphatic heterocycles. The van der Waals surface area contributed by atoms with Crippen molar-refractivity contribution < 1.29 is 0 Å². The fourth-order valence-electron chi connectivity index (χ4n) is 1.28. The summed E-state index contributed by atoms with van der Waals surface area (Å²) in [7, 11) is 0. The Balaban J connectivity index is 2.47. The molecule has 0 spiro atoms. The molecular formula is C13H18ClN. The van der Waals surface area contributed by atoms with Crippen LogP contribution in [0.25, 0.3) is 0 Å². The van der Waals surface area contributed by atoms with Gasteiger partial charge < -0.3 is 5.32 Å². The molecule has 0 bridgehead atoms. The van der Waals surface area contributed by atoms with E-state index in [1.165, 1.54) is 11.1 Å². The van der Waals surface area contributed by atoms with Crippen molar-refractivity contribution >= 4 is 11.6 Å². The van der Waals surface area contributed by atoms with Gasteiger partial charge in [-0.05, 0) is 38.0 Å². The first-order valence-electron chi connectivity index (χ1n) is 5.18. The number of halogens is 1. The van der Waals surface area contributed by atoms with Crippen LogP contribution in [0.5, 0.6) is 0 Å². The number of benzene rings is 1. The van der Waals surface area contributed by atoms with E-state index in [-0.39, 0.29) is 0 Å². The van der Waals surface area contributed by atoms with Gasteiger partial charge in [-0.1, -0.05) is 35.4 Å². The molecular weight excluding hydrogens is 206 g/mol. The highest BCUT2D eigenvalue weighted by molar-refractivity contribution is 6.31. The topological polar surface area (TPSA) is 12.0 Å². The Morgan fingerprint density at radius 2 is 2.13 bits per heavy atom. The fourth-order valence-corrected chi connectivity index (χ4v) is 1.58. The molecule has 0 heterocycles. The van der Waals surface area contributed by atoms with Crippen LogP contribution >= 0.6 is 11.6 Å². The van der Waals surface area contributed by atoms with E-state index in [0.717, 1.165) is 23.7 Å². The summed E-state index contributed by atoms with van der Waals surface area (Å²) in [5.41, 5.74) is 3.69. The molecule has 0 aliphatic rings. The lowest BCUT2D eigenvalue weighted by atomic mass is 10.1. The highest BCUT2D eigenvalue weighted by Gasteiger charge is 1.98. The highest BCUT2D eigenvalue weighted by Crippen LogP contribution is 2.17. The van der Waals surface area contributed by atoms with Crippen molar-refractivity contribution in [2.45, 2.75) is 27.3 Å². The van der Waals surface area contributed by atoms with Gasteiger partial charge in [-0.3, -0.25) is 0 Å². The van der Waals surface area contributed by atoms with E-state index in [2.05, 4.69) is 37.4 Å². The first-order chi connectivity index (χ1) is 7.09. The van der Waals surface area contributed by atoms with Crippen LogP contribution in [0.2, 0.25) is 5.02 Å². The molecule has 0 radical (unpaired) electrons. The normalized spacial score (nSPS) is 10.1. The Morgan fingerprint density at radius 3 is 2.73 bits per heavy atom. The highest BCUT2D eigenvalue weighted by atomic mass is 35.5. The maximum atomic E-state index is 6.12. The zero-order chi connectivity index (χ0) is 11.3. The monoisotopic (exact) mass is 223 g/mol. The molecule has 1 aromatic carbocycles. The standard InChI is InChI=1S/C13H18ClN/c1-10(2)6-7-15-9-12-5-4-11(3)8-13(12)14/h4-6,8,15H,7,9H2,1-3H3. The maximum absolute atomic E-state index is 6.12. The van der Waals surface area contributed by atoms with Crippen LogP contribution in [-0.2, 0) is 6.54 Å². The van der Waals surface area contributed by atoms with E-state index in [0.29, 0.717) is 0 Å². The smallest absolute Gasteiger partial charge is 0.0453 e. The van der Waals surface area contributed by atoms with Gasteiger partial charge in [0.15, 0.2) is 0 Å². The summed E-state index contributed by atoms with van der Waals surface area (Å²) < 4.78 is 0. The minimum absolute atomic E-state index is 0.822. The second kappa shape index (κ2) is 5.94. The van der Waals surface area contributed by atoms with E-state index >= 15 is 0 Å². The van der Waals surface area contributed by atoms with Crippen LogP contribution < -0.4 is 5.32 Å². The van der Waals surface area contributed by atoms with Gasteiger partial charge in [0.05, 0.1) is 0 Å². The van der Waals surface area contributed by atoms with Crippen molar-refractivity contribution in [3.8, 4) is 0 Å². The SMILES string of the molecule is CC(C)=CCNCc1ccc(C)cc1Cl. The molecule has 82 valence electrons. The molecule has 0 saturated heterocycles. The number of rotatable bonds is 4. The van der Waals surface area contributed by atoms with Gasteiger partial charge in [0, 0.05) is 18.1 Å². The Morgan fingerprint density at radius 1 is 1.40 bits per heavy atom. The molecule has 15 heavy (non-hydrogen) atoms. The molecule has 0 aromatic heterocycles. The van der Waals surface area contributed by atoms with E-state index in [1.807, 2.05) is 13.0 Å². The molecule has 0 atom stereocenters. The number of aryl methyl sites for hydroxylation is 1. The molecule has 1 nitrogen and oxygen atoms in total. The molecule has 0 fully saturated rings. The lowest BCUT2D eigenvalue weighted by Crippen LogP contribution is -2.13. The van der Waals surface area contributed by atoms with Crippen molar-refractivity contribution in [3.05, 3.63) is 46.0 Å². The van der Waals surface area contributed by atoms with Crippen LogP contribution in [-0.4, -0.2) is 6.54 Å². The number of hydrogen-bond acceptors (Lipinski definition) is 1. The largest absolute Gasteiger partial charge is 0.309 e. The summed E-state index contributed by atoms with van der Waals surface area (Å²) in [6.45, 7) is 7.96. The number of allylic oxidation sites excluding steroid dienone is 1. The predicted molar refractivity (Wildman–Crippen MR) is 67.3 cm³/mol. The van der Waals surface area contributed by atoms with Crippen LogP contribution in [0.1, 0.15) is 25.0 Å². The summed E-state index contributed by atoms with van der Waals surface area (Å²) in [5, 5.41) is 4.18. The van der Waals surface area contributed by atoms with E-state index in [1.54, 1.807) is 0 Å². The zero-order valence-electron chi connectivity index (χ0n) is 9.60. The number of nitrogens with one attached hydrogen (secondary N) is 1. The molecule has 2 heteroatoms. The molecule has 1 rings (SSSR count). The van der Waals surface area contributed by atoms with Gasteiger partial charge in [-0.2, -0.15) is 0 Å². The van der Waals surface area contributed by atoms with Crippen molar-refractivity contribution in [1.82, 2.24) is 5.32 Å². The third kappa shape index (κ3) is 4.50. The minimum atomic E-state index is 0.822. The molecule has 0 amide bonds. The van der Waals surface area contributed by atoms with E-state index in [9.17, 15) is 0 Å². The minimum Gasteiger partial charge on any atom is -0.309 e. The Hall–Kier alpha value is -0.790. The molecule has 0 saturated carbocycles. The van der Waals surface area contributed by atoms with Gasteiger partial charge in [0.25, 0.3) is 0 Å². The van der Waals surface area contributed by atoms with Gasteiger partial charge in [0.2, 0.25) is 0 Å². The van der Waals surface area contributed by atoms with Crippen LogP contribution in [0.4, 0.5) is 0 Å². The van der Waals surface area contributed by atoms with Gasteiger partial charge >= 0.3 is 0 Å². The average Bonchev–Trinajstić information content (AvgIpc) is 2.14. The third-order valence-corrected chi connectivity index (χ3v) is 2.53. The molecule has 0 aliphatic carbocycles. The van der Waals surface area contributed by atoms with Gasteiger partial charge in [0.1, 0.15) is 0 Å². The summed E-state index contributed by atoms with van der Waals surface area (Å²) in [6, 6.07) is 6.16. The first-order valence-corrected chi connectivity index (χ1v) is 5.56. The first kappa shape index (κ1) is 12.3. The second-order valence-corrected chi connectivity index (χ2v) is 4.41. The van der Waals surface area contributed by atoms with Crippen molar-refractivity contribution in [3.63, 3.8) is 0 Å². The summed E-state index contributed by atoms with van der Waals surface area (Å²) in [5.74, 6) is 0. The average molecular weight is 224 g/mol. The molecule has 1 aromatic rings. The molecule has 1 N–H and O–H groups in total. The van der Waals surface area contributed by atoms with Gasteiger partial charge in [-0.15, -0.1) is 0 Å². The summed E-state index contributed by atoms with van der Waals surface area (Å²) >= 11 is 6.12. The fraction of sp³-hybridized carbons (Fsp3) is 0.385. The Labute approximate surface area is 97.1 Å². The van der Waals surface area contributed by atoms with Crippen molar-refractivity contribution in [2.24, 2.45) is 0 Å². The zero-order valence-corrected chi connectivity index (χ0v) is 10.4. The third-order valence-electron chi connectivity index (χ3n) is 2.18. The predicted octanol–water partition coefficient (Wildman–Crippen LogP) is 3.70. The lowest BCUT2D eigenvalue weighted by Gasteiger charge is -2.05. The number of hydrogen-bond donors (Lipinski definition) is 1. The van der Waals surface area contributed by atoms with Gasteiger partial charge in [-0.25, -0.2) is 0 Å². The maximum Gasteiger partial charge on any atom is 0.0453 e. The quantitative estimate of drug-likeness (QED) is 0.606. The van der Waals surface area contributed by atoms with Crippen LogP contribution in [0, 0.1) is 6.92 Å².